The van der Waals surface area contributed by atoms with E-state index in [1.807, 2.05) is 47.9 Å². The number of hydrogen-bond donors (Lipinski definition) is 3. The average Bonchev–Trinajstić information content (AvgIpc) is 3.44. The highest BCUT2D eigenvalue weighted by atomic mass is 16.2. The van der Waals surface area contributed by atoms with Gasteiger partial charge >= 0.3 is 6.03 Å². The Kier molecular flexibility index (Phi) is 4.27. The Morgan fingerprint density at radius 1 is 1.10 bits per heavy atom. The van der Waals surface area contributed by atoms with E-state index in [9.17, 15) is 4.79 Å². The van der Waals surface area contributed by atoms with E-state index in [0.29, 0.717) is 22.7 Å². The maximum atomic E-state index is 12.2. The van der Waals surface area contributed by atoms with E-state index >= 15 is 0 Å². The number of fused-ring (bicyclic) bond motifs is 1. The zero-order valence-corrected chi connectivity index (χ0v) is 16.3. The van der Waals surface area contributed by atoms with Crippen molar-refractivity contribution in [2.75, 3.05) is 11.1 Å². The molecule has 0 atom stereocenters. The van der Waals surface area contributed by atoms with Crippen LogP contribution in [0.25, 0.3) is 28.4 Å². The smallest absolute Gasteiger partial charge is 0.319 e. The highest BCUT2D eigenvalue weighted by Gasteiger charge is 2.23. The summed E-state index contributed by atoms with van der Waals surface area (Å²) >= 11 is 0. The van der Waals surface area contributed by atoms with E-state index in [0.717, 1.165) is 29.9 Å². The molecule has 5 rings (SSSR count). The molecule has 0 bridgehead atoms. The minimum atomic E-state index is -0.217. The molecule has 0 saturated heterocycles. The molecule has 0 aliphatic heterocycles. The van der Waals surface area contributed by atoms with Crippen LogP contribution in [0.4, 0.5) is 16.4 Å². The molecule has 4 aromatic rings. The van der Waals surface area contributed by atoms with Gasteiger partial charge in [-0.15, -0.1) is 0 Å². The van der Waals surface area contributed by atoms with E-state index in [1.165, 1.54) is 0 Å². The summed E-state index contributed by atoms with van der Waals surface area (Å²) in [6.07, 6.45) is 5.48. The van der Waals surface area contributed by atoms with E-state index in [4.69, 9.17) is 10.7 Å². The molecule has 0 unspecified atom stereocenters. The second kappa shape index (κ2) is 7.11. The van der Waals surface area contributed by atoms with Crippen molar-refractivity contribution in [1.29, 1.82) is 0 Å². The van der Waals surface area contributed by atoms with Crippen LogP contribution in [-0.2, 0) is 0 Å². The number of nitrogens with zero attached hydrogens (tertiary/aromatic N) is 5. The third-order valence-corrected chi connectivity index (χ3v) is 4.84. The second-order valence-electron chi connectivity index (χ2n) is 7.29. The standard InChI is InChI=1S/C21H20N8O/c1-12-3-2-4-15(24-12)18-19(16-9-10-23-20(22)27-16)29-11-14(7-8-17(29)28-18)26-21(30)25-13-5-6-13/h2-4,7-11,13H,5-6H2,1H3,(H2,22,23,27)(H2,25,26,30). The molecule has 150 valence electrons. The normalized spacial score (nSPS) is 13.4. The first-order valence-corrected chi connectivity index (χ1v) is 9.69. The molecule has 4 N–H and O–H groups in total. The average molecular weight is 400 g/mol. The summed E-state index contributed by atoms with van der Waals surface area (Å²) in [4.78, 5) is 30.0. The second-order valence-corrected chi connectivity index (χ2v) is 7.29. The third kappa shape index (κ3) is 3.52. The topological polar surface area (TPSA) is 123 Å². The number of nitrogen functional groups attached to an aromatic ring is 1. The van der Waals surface area contributed by atoms with Gasteiger partial charge in [0, 0.05) is 24.1 Å². The molecule has 1 aliphatic carbocycles. The van der Waals surface area contributed by atoms with Crippen LogP contribution < -0.4 is 16.4 Å². The van der Waals surface area contributed by atoms with E-state index < -0.39 is 0 Å². The summed E-state index contributed by atoms with van der Waals surface area (Å²) in [6.45, 7) is 1.93. The number of anilines is 2. The predicted molar refractivity (Wildman–Crippen MR) is 114 cm³/mol. The van der Waals surface area contributed by atoms with Crippen molar-refractivity contribution in [3.05, 3.63) is 54.5 Å². The van der Waals surface area contributed by atoms with Crippen molar-refractivity contribution in [3.63, 3.8) is 0 Å². The molecule has 1 saturated carbocycles. The number of imidazole rings is 1. The summed E-state index contributed by atoms with van der Waals surface area (Å²) in [7, 11) is 0. The number of rotatable bonds is 4. The molecule has 9 heteroatoms. The first kappa shape index (κ1) is 18.0. The van der Waals surface area contributed by atoms with Crippen molar-refractivity contribution >= 4 is 23.3 Å². The van der Waals surface area contributed by atoms with Gasteiger partial charge in [-0.3, -0.25) is 9.38 Å². The number of hydrogen-bond acceptors (Lipinski definition) is 6. The van der Waals surface area contributed by atoms with Crippen molar-refractivity contribution < 1.29 is 4.79 Å². The van der Waals surface area contributed by atoms with Crippen molar-refractivity contribution in [1.82, 2.24) is 29.7 Å². The van der Waals surface area contributed by atoms with Gasteiger partial charge in [-0.2, -0.15) is 0 Å². The van der Waals surface area contributed by atoms with Crippen molar-refractivity contribution in [2.24, 2.45) is 0 Å². The molecule has 1 aliphatic rings. The molecular formula is C21H20N8O. The van der Waals surface area contributed by atoms with Crippen LogP contribution in [-0.4, -0.2) is 36.4 Å². The number of aryl methyl sites for hydroxylation is 1. The van der Waals surface area contributed by atoms with E-state index in [1.54, 1.807) is 12.3 Å². The monoisotopic (exact) mass is 400 g/mol. The Morgan fingerprint density at radius 2 is 1.97 bits per heavy atom. The lowest BCUT2D eigenvalue weighted by Crippen LogP contribution is -2.30. The van der Waals surface area contributed by atoms with Gasteiger partial charge in [-0.05, 0) is 50.1 Å². The number of amides is 2. The van der Waals surface area contributed by atoms with Crippen LogP contribution in [0.5, 0.6) is 0 Å². The molecule has 30 heavy (non-hydrogen) atoms. The summed E-state index contributed by atoms with van der Waals surface area (Å²) in [5, 5.41) is 5.80. The molecule has 0 spiro atoms. The van der Waals surface area contributed by atoms with Gasteiger partial charge in [0.15, 0.2) is 0 Å². The number of nitrogens with one attached hydrogen (secondary N) is 2. The predicted octanol–water partition coefficient (Wildman–Crippen LogP) is 3.03. The summed E-state index contributed by atoms with van der Waals surface area (Å²) < 4.78 is 1.88. The summed E-state index contributed by atoms with van der Waals surface area (Å²) in [6, 6.07) is 11.3. The SMILES string of the molecule is Cc1cccc(-c2nc3ccc(NC(=O)NC4CC4)cn3c2-c2ccnc(N)n2)n1. The van der Waals surface area contributed by atoms with Gasteiger partial charge in [0.2, 0.25) is 5.95 Å². The van der Waals surface area contributed by atoms with Crippen LogP contribution in [0.2, 0.25) is 0 Å². The lowest BCUT2D eigenvalue weighted by atomic mass is 10.1. The molecule has 0 radical (unpaired) electrons. The Labute approximate surface area is 172 Å². The van der Waals surface area contributed by atoms with Gasteiger partial charge in [-0.25, -0.2) is 19.7 Å². The Morgan fingerprint density at radius 3 is 2.73 bits per heavy atom. The fourth-order valence-electron chi connectivity index (χ4n) is 3.30. The number of carbonyl (C=O) groups excluding carboxylic acids is 1. The Bertz CT molecular complexity index is 1260. The lowest BCUT2D eigenvalue weighted by molar-refractivity contribution is 0.251. The fraction of sp³-hybridized carbons (Fsp3) is 0.190. The third-order valence-electron chi connectivity index (χ3n) is 4.84. The van der Waals surface area contributed by atoms with Gasteiger partial charge in [-0.1, -0.05) is 6.07 Å². The first-order valence-electron chi connectivity index (χ1n) is 9.69. The van der Waals surface area contributed by atoms with Gasteiger partial charge < -0.3 is 16.4 Å². The number of carbonyl (C=O) groups is 1. The molecule has 0 aromatic carbocycles. The van der Waals surface area contributed by atoms with Gasteiger partial charge in [0.05, 0.1) is 17.1 Å². The molecule has 4 aromatic heterocycles. The van der Waals surface area contributed by atoms with Crippen LogP contribution in [0, 0.1) is 6.92 Å². The lowest BCUT2D eigenvalue weighted by Gasteiger charge is -2.09. The van der Waals surface area contributed by atoms with Crippen LogP contribution in [0.15, 0.2) is 48.8 Å². The summed E-state index contributed by atoms with van der Waals surface area (Å²) in [5.41, 5.74) is 10.8. The first-order chi connectivity index (χ1) is 14.6. The summed E-state index contributed by atoms with van der Waals surface area (Å²) in [5.74, 6) is 0.170. The van der Waals surface area contributed by atoms with Crippen LogP contribution in [0.3, 0.4) is 0 Å². The maximum Gasteiger partial charge on any atom is 0.319 e. The van der Waals surface area contributed by atoms with E-state index in [2.05, 4.69) is 25.6 Å². The van der Waals surface area contributed by atoms with E-state index in [-0.39, 0.29) is 18.0 Å². The largest absolute Gasteiger partial charge is 0.368 e. The van der Waals surface area contributed by atoms with Crippen LogP contribution >= 0.6 is 0 Å². The zero-order chi connectivity index (χ0) is 20.7. The quantitative estimate of drug-likeness (QED) is 0.484. The minimum Gasteiger partial charge on any atom is -0.368 e. The fourth-order valence-corrected chi connectivity index (χ4v) is 3.30. The van der Waals surface area contributed by atoms with Gasteiger partial charge in [0.1, 0.15) is 17.0 Å². The maximum absolute atomic E-state index is 12.2. The number of pyridine rings is 2. The molecule has 4 heterocycles. The van der Waals surface area contributed by atoms with Gasteiger partial charge in [0.25, 0.3) is 0 Å². The zero-order valence-electron chi connectivity index (χ0n) is 16.3. The Balaban J connectivity index is 1.65. The molecule has 2 amide bonds. The molecular weight excluding hydrogens is 380 g/mol. The molecule has 9 nitrogen and oxygen atoms in total. The molecule has 1 fully saturated rings. The van der Waals surface area contributed by atoms with Crippen molar-refractivity contribution in [2.45, 2.75) is 25.8 Å². The number of urea groups is 1. The number of aromatic nitrogens is 5. The Hall–Kier alpha value is -4.01. The van der Waals surface area contributed by atoms with Crippen LogP contribution in [0.1, 0.15) is 18.5 Å². The minimum absolute atomic E-state index is 0.170. The highest BCUT2D eigenvalue weighted by Crippen LogP contribution is 2.32. The van der Waals surface area contributed by atoms with Crippen molar-refractivity contribution in [3.8, 4) is 22.8 Å². The highest BCUT2D eigenvalue weighted by molar-refractivity contribution is 5.90. The number of nitrogens with two attached hydrogens (primary N) is 1.